The molecule has 0 N–H and O–H groups in total. The van der Waals surface area contributed by atoms with Crippen LogP contribution in [0, 0.1) is 3.57 Å². The maximum absolute atomic E-state index is 5.37. The Balaban J connectivity index is 2.40. The number of hydrogen-bond acceptors (Lipinski definition) is 2. The molecule has 1 atom stereocenters. The molecule has 3 heteroatoms. The molecule has 1 aromatic carbocycles. The van der Waals surface area contributed by atoms with Gasteiger partial charge in [-0.1, -0.05) is 23.4 Å². The summed E-state index contributed by atoms with van der Waals surface area (Å²) in [5.41, 5.74) is 0.964. The van der Waals surface area contributed by atoms with Gasteiger partial charge in [0.25, 0.3) is 0 Å². The van der Waals surface area contributed by atoms with Crippen LogP contribution in [0.15, 0.2) is 29.4 Å². The third kappa shape index (κ3) is 1.57. The lowest BCUT2D eigenvalue weighted by Gasteiger charge is -2.22. The Kier molecular flexibility index (Phi) is 2.27. The van der Waals surface area contributed by atoms with Gasteiger partial charge in [-0.05, 0) is 35.6 Å². The summed E-state index contributed by atoms with van der Waals surface area (Å²) < 4.78 is 1.23. The van der Waals surface area contributed by atoms with Crippen molar-refractivity contribution in [3.8, 4) is 0 Å². The van der Waals surface area contributed by atoms with Crippen molar-refractivity contribution in [1.82, 2.24) is 0 Å². The second-order valence-corrected chi connectivity index (χ2v) is 4.46. The molecule has 13 heavy (non-hydrogen) atoms. The molecule has 0 aromatic heterocycles. The minimum absolute atomic E-state index is 0.252. The predicted molar refractivity (Wildman–Crippen MR) is 60.7 cm³/mol. The first-order valence-electron chi connectivity index (χ1n) is 4.17. The van der Waals surface area contributed by atoms with Crippen molar-refractivity contribution in [1.29, 1.82) is 0 Å². The molecule has 0 saturated heterocycles. The number of rotatable bonds is 1. The summed E-state index contributed by atoms with van der Waals surface area (Å²) in [5, 5.41) is 3.83. The lowest BCUT2D eigenvalue weighted by atomic mass is 9.94. The lowest BCUT2D eigenvalue weighted by Crippen LogP contribution is -2.21. The largest absolute Gasteiger partial charge is 0.385 e. The Morgan fingerprint density at radius 3 is 2.85 bits per heavy atom. The maximum Gasteiger partial charge on any atom is 0.165 e. The fraction of sp³-hybridized carbons (Fsp3) is 0.300. The van der Waals surface area contributed by atoms with Crippen LogP contribution in [-0.2, 0) is 10.4 Å². The van der Waals surface area contributed by atoms with E-state index in [0.29, 0.717) is 0 Å². The molecule has 1 aromatic rings. The minimum atomic E-state index is -0.252. The van der Waals surface area contributed by atoms with Gasteiger partial charge in [-0.25, -0.2) is 0 Å². The van der Waals surface area contributed by atoms with Crippen LogP contribution in [-0.4, -0.2) is 6.21 Å². The molecule has 0 amide bonds. The van der Waals surface area contributed by atoms with Gasteiger partial charge in [0.05, 0.1) is 0 Å². The van der Waals surface area contributed by atoms with Crippen molar-refractivity contribution in [2.45, 2.75) is 18.9 Å². The van der Waals surface area contributed by atoms with Crippen LogP contribution in [0.25, 0.3) is 0 Å². The van der Waals surface area contributed by atoms with Crippen molar-refractivity contribution >= 4 is 28.8 Å². The SMILES string of the molecule is CC1(c2ccccc2I)CC=NO1. The second kappa shape index (κ2) is 3.29. The van der Waals surface area contributed by atoms with Crippen molar-refractivity contribution in [2.24, 2.45) is 5.16 Å². The Morgan fingerprint density at radius 2 is 2.23 bits per heavy atom. The Hall–Kier alpha value is -0.580. The fourth-order valence-electron chi connectivity index (χ4n) is 1.45. The average molecular weight is 287 g/mol. The average Bonchev–Trinajstić information content (AvgIpc) is 2.54. The van der Waals surface area contributed by atoms with Crippen LogP contribution >= 0.6 is 22.6 Å². The van der Waals surface area contributed by atoms with Gasteiger partial charge in [0, 0.05) is 21.8 Å². The normalized spacial score (nSPS) is 26.0. The smallest absolute Gasteiger partial charge is 0.165 e. The van der Waals surface area contributed by atoms with Crippen LogP contribution in [0.2, 0.25) is 0 Å². The van der Waals surface area contributed by atoms with Gasteiger partial charge in [-0.2, -0.15) is 0 Å². The first kappa shape index (κ1) is 8.99. The summed E-state index contributed by atoms with van der Waals surface area (Å²) in [6.07, 6.45) is 2.68. The van der Waals surface area contributed by atoms with Crippen LogP contribution in [0.5, 0.6) is 0 Å². The quantitative estimate of drug-likeness (QED) is 0.728. The van der Waals surface area contributed by atoms with E-state index >= 15 is 0 Å². The molecule has 0 spiro atoms. The van der Waals surface area contributed by atoms with Crippen molar-refractivity contribution in [3.05, 3.63) is 33.4 Å². The number of hydrogen-bond donors (Lipinski definition) is 0. The van der Waals surface area contributed by atoms with E-state index in [2.05, 4.69) is 46.8 Å². The Morgan fingerprint density at radius 1 is 1.46 bits per heavy atom. The second-order valence-electron chi connectivity index (χ2n) is 3.29. The first-order chi connectivity index (χ1) is 6.22. The molecule has 1 unspecified atom stereocenters. The predicted octanol–water partition coefficient (Wildman–Crippen LogP) is 2.91. The number of halogens is 1. The van der Waals surface area contributed by atoms with Gasteiger partial charge in [0.1, 0.15) is 0 Å². The van der Waals surface area contributed by atoms with Gasteiger partial charge in [-0.3, -0.25) is 0 Å². The summed E-state index contributed by atoms with van der Waals surface area (Å²) in [5.74, 6) is 0. The van der Waals surface area contributed by atoms with E-state index in [1.807, 2.05) is 18.3 Å². The van der Waals surface area contributed by atoms with Crippen LogP contribution in [0.1, 0.15) is 18.9 Å². The molecule has 0 fully saturated rings. The highest BCUT2D eigenvalue weighted by atomic mass is 127. The van der Waals surface area contributed by atoms with Gasteiger partial charge >= 0.3 is 0 Å². The Bertz CT molecular complexity index is 341. The zero-order valence-corrected chi connectivity index (χ0v) is 9.48. The fourth-order valence-corrected chi connectivity index (χ4v) is 2.41. The molecule has 1 aliphatic heterocycles. The highest BCUT2D eigenvalue weighted by Gasteiger charge is 2.33. The van der Waals surface area contributed by atoms with Crippen molar-refractivity contribution in [2.75, 3.05) is 0 Å². The van der Waals surface area contributed by atoms with Crippen LogP contribution < -0.4 is 0 Å². The zero-order chi connectivity index (χ0) is 9.31. The van der Waals surface area contributed by atoms with E-state index in [4.69, 9.17) is 4.84 Å². The maximum atomic E-state index is 5.37. The molecule has 1 heterocycles. The summed E-state index contributed by atoms with van der Waals surface area (Å²) >= 11 is 2.32. The molecular formula is C10H10INO. The van der Waals surface area contributed by atoms with Crippen molar-refractivity contribution in [3.63, 3.8) is 0 Å². The monoisotopic (exact) mass is 287 g/mol. The van der Waals surface area contributed by atoms with E-state index in [0.717, 1.165) is 6.42 Å². The van der Waals surface area contributed by atoms with Gasteiger partial charge in [0.15, 0.2) is 5.60 Å². The van der Waals surface area contributed by atoms with E-state index in [-0.39, 0.29) is 5.60 Å². The highest BCUT2D eigenvalue weighted by molar-refractivity contribution is 14.1. The third-order valence-electron chi connectivity index (χ3n) is 2.25. The zero-order valence-electron chi connectivity index (χ0n) is 7.33. The molecule has 68 valence electrons. The summed E-state index contributed by atoms with van der Waals surface area (Å²) in [7, 11) is 0. The molecular weight excluding hydrogens is 277 g/mol. The van der Waals surface area contributed by atoms with Crippen LogP contribution in [0.4, 0.5) is 0 Å². The van der Waals surface area contributed by atoms with Gasteiger partial charge < -0.3 is 4.84 Å². The number of nitrogens with zero attached hydrogens (tertiary/aromatic N) is 1. The van der Waals surface area contributed by atoms with E-state index < -0.39 is 0 Å². The molecule has 0 radical (unpaired) electrons. The molecule has 2 rings (SSSR count). The topological polar surface area (TPSA) is 21.6 Å². The summed E-state index contributed by atoms with van der Waals surface area (Å²) in [6, 6.07) is 8.24. The molecule has 1 aliphatic rings. The van der Waals surface area contributed by atoms with E-state index in [9.17, 15) is 0 Å². The first-order valence-corrected chi connectivity index (χ1v) is 5.25. The number of benzene rings is 1. The van der Waals surface area contributed by atoms with Crippen molar-refractivity contribution < 1.29 is 4.84 Å². The molecule has 0 aliphatic carbocycles. The Labute approximate surface area is 91.1 Å². The molecule has 0 saturated carbocycles. The highest BCUT2D eigenvalue weighted by Crippen LogP contribution is 2.34. The summed E-state index contributed by atoms with van der Waals surface area (Å²) in [6.45, 7) is 2.07. The lowest BCUT2D eigenvalue weighted by molar-refractivity contribution is -0.00801. The molecule has 0 bridgehead atoms. The minimum Gasteiger partial charge on any atom is -0.385 e. The third-order valence-corrected chi connectivity index (χ3v) is 3.19. The summed E-state index contributed by atoms with van der Waals surface area (Å²) in [4.78, 5) is 5.37. The number of oxime groups is 1. The van der Waals surface area contributed by atoms with Crippen LogP contribution in [0.3, 0.4) is 0 Å². The van der Waals surface area contributed by atoms with Gasteiger partial charge in [0.2, 0.25) is 0 Å². The van der Waals surface area contributed by atoms with E-state index in [1.165, 1.54) is 9.13 Å². The van der Waals surface area contributed by atoms with Gasteiger partial charge in [-0.15, -0.1) is 0 Å². The van der Waals surface area contributed by atoms with E-state index in [1.54, 1.807) is 0 Å². The molecule has 2 nitrogen and oxygen atoms in total. The standard InChI is InChI=1S/C10H10INO/c1-10(6-7-12-13-10)8-4-2-3-5-9(8)11/h2-5,7H,6H2,1H3.